The highest BCUT2D eigenvalue weighted by molar-refractivity contribution is 5.87. The molecule has 4 N–H and O–H groups in total. The molecule has 2 aromatic carbocycles. The minimum absolute atomic E-state index is 0.0949. The smallest absolute Gasteiger partial charge is 0.335 e. The number of rotatable bonds is 4. The summed E-state index contributed by atoms with van der Waals surface area (Å²) in [7, 11) is 0. The van der Waals surface area contributed by atoms with E-state index in [0.717, 1.165) is 0 Å². The highest BCUT2D eigenvalue weighted by Gasteiger charge is 2.29. The topological polar surface area (TPSA) is 115 Å². The molecule has 0 saturated carbocycles. The second-order valence-electron chi connectivity index (χ2n) is 6.40. The molecule has 27 heavy (non-hydrogen) atoms. The molecule has 2 rings (SSSR count). The summed E-state index contributed by atoms with van der Waals surface area (Å²) in [5.74, 6) is -1.66. The van der Waals surface area contributed by atoms with Gasteiger partial charge in [0.15, 0.2) is 0 Å². The summed E-state index contributed by atoms with van der Waals surface area (Å²) in [6.07, 6.45) is -0.655. The first-order valence-electron chi connectivity index (χ1n) is 8.47. The Bertz CT molecular complexity index is 619. The lowest BCUT2D eigenvalue weighted by Crippen LogP contribution is -2.42. The number of carboxylic acid groups (broad SMARTS) is 2. The van der Waals surface area contributed by atoms with Crippen molar-refractivity contribution in [3.05, 3.63) is 71.8 Å². The number of hydrogen-bond donors (Lipinski definition) is 4. The monoisotopic (exact) mass is 376 g/mol. The van der Waals surface area contributed by atoms with E-state index in [4.69, 9.17) is 15.3 Å². The summed E-state index contributed by atoms with van der Waals surface area (Å²) in [5, 5.41) is 35.2. The van der Waals surface area contributed by atoms with Crippen LogP contribution in [0.25, 0.3) is 0 Å². The van der Waals surface area contributed by atoms with Crippen LogP contribution in [0.4, 0.5) is 0 Å². The zero-order valence-corrected chi connectivity index (χ0v) is 16.0. The van der Waals surface area contributed by atoms with Gasteiger partial charge in [-0.05, 0) is 44.0 Å². The minimum Gasteiger partial charge on any atom is -0.478 e. The molecule has 0 fully saturated rings. The molecule has 0 aliphatic carbocycles. The van der Waals surface area contributed by atoms with E-state index in [1.165, 1.54) is 0 Å². The first kappa shape index (κ1) is 24.3. The molecule has 0 aliphatic heterocycles. The van der Waals surface area contributed by atoms with Crippen molar-refractivity contribution in [3.8, 4) is 0 Å². The standard InChI is InChI=1S/2C7H6O2.C7H16O2/c2*8-7(9)6-4-2-1-3-5-6;1-5(2)7(4,9)6(3)8/h2*1-5H,(H,8,9);5-6,8-9H,1-4H3. The van der Waals surface area contributed by atoms with Crippen LogP contribution in [0.1, 0.15) is 48.4 Å². The van der Waals surface area contributed by atoms with Crippen molar-refractivity contribution in [1.29, 1.82) is 0 Å². The zero-order chi connectivity index (χ0) is 21.0. The van der Waals surface area contributed by atoms with Gasteiger partial charge in [-0.2, -0.15) is 0 Å². The van der Waals surface area contributed by atoms with Crippen LogP contribution >= 0.6 is 0 Å². The van der Waals surface area contributed by atoms with E-state index in [0.29, 0.717) is 11.1 Å². The van der Waals surface area contributed by atoms with Gasteiger partial charge in [0, 0.05) is 0 Å². The summed E-state index contributed by atoms with van der Waals surface area (Å²) in [4.78, 5) is 20.4. The largest absolute Gasteiger partial charge is 0.478 e. The number of carboxylic acids is 2. The molecule has 148 valence electrons. The first-order valence-corrected chi connectivity index (χ1v) is 8.47. The predicted molar refractivity (Wildman–Crippen MR) is 104 cm³/mol. The Morgan fingerprint density at radius 1 is 0.778 bits per heavy atom. The first-order chi connectivity index (χ1) is 12.5. The van der Waals surface area contributed by atoms with Crippen LogP contribution in [-0.2, 0) is 0 Å². The SMILES string of the molecule is CC(C)C(C)(O)C(C)O.O=C(O)c1ccccc1.O=C(O)c1ccccc1. The predicted octanol–water partition coefficient (Wildman–Crippen LogP) is 3.54. The second kappa shape index (κ2) is 11.8. The normalized spacial score (nSPS) is 13.1. The number of aliphatic hydroxyl groups is 2. The molecule has 0 saturated heterocycles. The molecule has 0 bridgehead atoms. The van der Waals surface area contributed by atoms with E-state index >= 15 is 0 Å². The molecule has 2 unspecified atom stereocenters. The molecule has 6 nitrogen and oxygen atoms in total. The van der Waals surface area contributed by atoms with Crippen molar-refractivity contribution < 1.29 is 30.0 Å². The van der Waals surface area contributed by atoms with E-state index in [-0.39, 0.29) is 5.92 Å². The van der Waals surface area contributed by atoms with Crippen molar-refractivity contribution in [2.75, 3.05) is 0 Å². The van der Waals surface area contributed by atoms with Crippen LogP contribution in [-0.4, -0.2) is 44.1 Å². The van der Waals surface area contributed by atoms with E-state index in [1.54, 1.807) is 74.5 Å². The molecule has 0 amide bonds. The Morgan fingerprint density at radius 2 is 1.07 bits per heavy atom. The van der Waals surface area contributed by atoms with Crippen molar-refractivity contribution >= 4 is 11.9 Å². The van der Waals surface area contributed by atoms with Crippen LogP contribution in [0.15, 0.2) is 60.7 Å². The summed E-state index contributed by atoms with van der Waals surface area (Å²) < 4.78 is 0. The number of carbonyl (C=O) groups is 2. The molecular weight excluding hydrogens is 348 g/mol. The van der Waals surface area contributed by atoms with Gasteiger partial charge >= 0.3 is 11.9 Å². The van der Waals surface area contributed by atoms with Gasteiger partial charge in [0.1, 0.15) is 0 Å². The van der Waals surface area contributed by atoms with E-state index < -0.39 is 23.6 Å². The Hall–Kier alpha value is -2.70. The number of hydrogen-bond acceptors (Lipinski definition) is 4. The summed E-state index contributed by atoms with van der Waals surface area (Å²) in [5.41, 5.74) is -0.282. The molecule has 2 atom stereocenters. The fourth-order valence-electron chi connectivity index (χ4n) is 1.64. The Morgan fingerprint density at radius 3 is 1.19 bits per heavy atom. The summed E-state index contributed by atoms with van der Waals surface area (Å²) in [6.45, 7) is 7.00. The summed E-state index contributed by atoms with van der Waals surface area (Å²) in [6, 6.07) is 16.6. The van der Waals surface area contributed by atoms with Gasteiger partial charge in [0.25, 0.3) is 0 Å². The van der Waals surface area contributed by atoms with Crippen LogP contribution in [0.3, 0.4) is 0 Å². The Balaban J connectivity index is 0.000000376. The molecule has 0 aliphatic rings. The quantitative estimate of drug-likeness (QED) is 0.649. The lowest BCUT2D eigenvalue weighted by molar-refractivity contribution is -0.0831. The van der Waals surface area contributed by atoms with Crippen molar-refractivity contribution in [2.24, 2.45) is 5.92 Å². The van der Waals surface area contributed by atoms with Crippen molar-refractivity contribution in [3.63, 3.8) is 0 Å². The van der Waals surface area contributed by atoms with Crippen molar-refractivity contribution in [2.45, 2.75) is 39.4 Å². The van der Waals surface area contributed by atoms with Gasteiger partial charge in [-0.25, -0.2) is 9.59 Å². The third kappa shape index (κ3) is 9.53. The van der Waals surface area contributed by atoms with Gasteiger partial charge in [-0.3, -0.25) is 0 Å². The molecule has 0 heterocycles. The Kier molecular flexibility index (Phi) is 10.6. The third-order valence-electron chi connectivity index (χ3n) is 4.06. The molecule has 6 heteroatoms. The number of aromatic carboxylic acids is 2. The fourth-order valence-corrected chi connectivity index (χ4v) is 1.64. The highest BCUT2D eigenvalue weighted by Crippen LogP contribution is 2.19. The van der Waals surface area contributed by atoms with Crippen LogP contribution < -0.4 is 0 Å². The average Bonchev–Trinajstić information content (AvgIpc) is 2.64. The third-order valence-corrected chi connectivity index (χ3v) is 4.06. The van der Waals surface area contributed by atoms with E-state index in [1.807, 2.05) is 13.8 Å². The summed E-state index contributed by atoms with van der Waals surface area (Å²) >= 11 is 0. The van der Waals surface area contributed by atoms with Gasteiger partial charge in [0.2, 0.25) is 0 Å². The number of benzene rings is 2. The Labute approximate surface area is 159 Å². The van der Waals surface area contributed by atoms with Crippen LogP contribution in [0.5, 0.6) is 0 Å². The lowest BCUT2D eigenvalue weighted by atomic mass is 9.88. The van der Waals surface area contributed by atoms with Gasteiger partial charge < -0.3 is 20.4 Å². The second-order valence-corrected chi connectivity index (χ2v) is 6.40. The lowest BCUT2D eigenvalue weighted by Gasteiger charge is -2.30. The molecule has 0 aromatic heterocycles. The maximum atomic E-state index is 10.2. The molecule has 0 spiro atoms. The van der Waals surface area contributed by atoms with E-state index in [2.05, 4.69) is 0 Å². The molecule has 2 aromatic rings. The van der Waals surface area contributed by atoms with Gasteiger partial charge in [-0.1, -0.05) is 50.2 Å². The molecule has 0 radical (unpaired) electrons. The maximum Gasteiger partial charge on any atom is 0.335 e. The minimum atomic E-state index is -0.944. The fraction of sp³-hybridized carbons (Fsp3) is 0.333. The van der Waals surface area contributed by atoms with Gasteiger partial charge in [0.05, 0.1) is 22.8 Å². The van der Waals surface area contributed by atoms with Crippen LogP contribution in [0.2, 0.25) is 0 Å². The van der Waals surface area contributed by atoms with Gasteiger partial charge in [-0.15, -0.1) is 0 Å². The molecular formula is C21H28O6. The maximum absolute atomic E-state index is 10.2. The van der Waals surface area contributed by atoms with E-state index in [9.17, 15) is 14.7 Å². The van der Waals surface area contributed by atoms with Crippen LogP contribution in [0, 0.1) is 5.92 Å². The average molecular weight is 376 g/mol. The highest BCUT2D eigenvalue weighted by atomic mass is 16.4. The number of aliphatic hydroxyl groups excluding tert-OH is 1. The van der Waals surface area contributed by atoms with Crippen molar-refractivity contribution in [1.82, 2.24) is 0 Å². The zero-order valence-electron chi connectivity index (χ0n) is 16.0.